The summed E-state index contributed by atoms with van der Waals surface area (Å²) in [6, 6.07) is 2.79. The maximum absolute atomic E-state index is 10.9. The van der Waals surface area contributed by atoms with Gasteiger partial charge in [0.15, 0.2) is 0 Å². The zero-order chi connectivity index (χ0) is 11.4. The molecule has 82 valence electrons. The van der Waals surface area contributed by atoms with Gasteiger partial charge in [-0.2, -0.15) is 0 Å². The van der Waals surface area contributed by atoms with Gasteiger partial charge in [-0.05, 0) is 19.1 Å². The number of furan rings is 1. The first-order valence-corrected chi connectivity index (χ1v) is 4.54. The maximum atomic E-state index is 10.9. The van der Waals surface area contributed by atoms with Crippen LogP contribution in [-0.2, 0) is 9.59 Å². The van der Waals surface area contributed by atoms with E-state index >= 15 is 0 Å². The lowest BCUT2D eigenvalue weighted by atomic mass is 10.1. The van der Waals surface area contributed by atoms with E-state index < -0.39 is 12.0 Å². The molecule has 0 unspecified atom stereocenters. The predicted octanol–water partition coefficient (Wildman–Crippen LogP) is 1.24. The summed E-state index contributed by atoms with van der Waals surface area (Å²) in [5, 5.41) is 11.2. The van der Waals surface area contributed by atoms with E-state index in [0.717, 1.165) is 0 Å². The number of hydrogen-bond acceptors (Lipinski definition) is 3. The van der Waals surface area contributed by atoms with Crippen LogP contribution in [0.25, 0.3) is 0 Å². The van der Waals surface area contributed by atoms with Gasteiger partial charge in [0.25, 0.3) is 0 Å². The average molecular weight is 211 g/mol. The molecule has 0 aliphatic carbocycles. The van der Waals surface area contributed by atoms with E-state index in [1.54, 1.807) is 19.1 Å². The summed E-state index contributed by atoms with van der Waals surface area (Å²) < 4.78 is 5.27. The van der Waals surface area contributed by atoms with Crippen molar-refractivity contribution in [2.24, 2.45) is 0 Å². The molecule has 1 aromatic heterocycles. The second-order valence-corrected chi connectivity index (χ2v) is 3.30. The maximum Gasteiger partial charge on any atom is 0.305 e. The first-order valence-electron chi connectivity index (χ1n) is 4.54. The zero-order valence-electron chi connectivity index (χ0n) is 8.61. The average Bonchev–Trinajstić information content (AvgIpc) is 2.48. The van der Waals surface area contributed by atoms with Gasteiger partial charge in [-0.3, -0.25) is 9.59 Å². The molecule has 1 rings (SSSR count). The summed E-state index contributed by atoms with van der Waals surface area (Å²) in [4.78, 5) is 21.4. The second kappa shape index (κ2) is 4.63. The molecule has 0 bridgehead atoms. The van der Waals surface area contributed by atoms with Crippen LogP contribution in [0.3, 0.4) is 0 Å². The number of carbonyl (C=O) groups excluding carboxylic acids is 1. The lowest BCUT2D eigenvalue weighted by Gasteiger charge is -2.12. The van der Waals surface area contributed by atoms with Crippen LogP contribution in [0.5, 0.6) is 0 Å². The van der Waals surface area contributed by atoms with E-state index in [-0.39, 0.29) is 12.3 Å². The van der Waals surface area contributed by atoms with Crippen LogP contribution < -0.4 is 5.32 Å². The standard InChI is InChI=1S/C10H13NO4/c1-6-3-4-9(15-6)8(5-10(13)14)11-7(2)12/h3-4,8H,5H2,1-2H3,(H,11,12)(H,13,14)/t8-/m0/s1. The van der Waals surface area contributed by atoms with Crippen molar-refractivity contribution in [1.82, 2.24) is 5.32 Å². The molecular formula is C10H13NO4. The summed E-state index contributed by atoms with van der Waals surface area (Å²) in [6.45, 7) is 3.10. The summed E-state index contributed by atoms with van der Waals surface area (Å²) >= 11 is 0. The largest absolute Gasteiger partial charge is 0.481 e. The minimum Gasteiger partial charge on any atom is -0.481 e. The van der Waals surface area contributed by atoms with E-state index in [2.05, 4.69) is 5.32 Å². The van der Waals surface area contributed by atoms with Crippen molar-refractivity contribution in [3.63, 3.8) is 0 Å². The summed E-state index contributed by atoms with van der Waals surface area (Å²) in [7, 11) is 0. The predicted molar refractivity (Wildman–Crippen MR) is 52.3 cm³/mol. The molecule has 5 nitrogen and oxygen atoms in total. The Kier molecular flexibility index (Phi) is 3.49. The van der Waals surface area contributed by atoms with E-state index in [9.17, 15) is 9.59 Å². The lowest BCUT2D eigenvalue weighted by Crippen LogP contribution is -2.27. The molecule has 0 radical (unpaired) electrons. The minimum atomic E-state index is -0.984. The Balaban J connectivity index is 2.80. The number of amides is 1. The van der Waals surface area contributed by atoms with Crippen molar-refractivity contribution >= 4 is 11.9 Å². The number of carboxylic acids is 1. The van der Waals surface area contributed by atoms with Gasteiger partial charge in [0.1, 0.15) is 11.5 Å². The Bertz CT molecular complexity index is 353. The van der Waals surface area contributed by atoms with Gasteiger partial charge in [0, 0.05) is 6.92 Å². The van der Waals surface area contributed by atoms with Crippen molar-refractivity contribution in [2.75, 3.05) is 0 Å². The summed E-state index contributed by atoms with van der Waals surface area (Å²) in [6.07, 6.45) is -0.188. The van der Waals surface area contributed by atoms with Crippen LogP contribution in [0.15, 0.2) is 16.5 Å². The van der Waals surface area contributed by atoms with Gasteiger partial charge in [-0.25, -0.2) is 0 Å². The molecule has 0 fully saturated rings. The third-order valence-corrected chi connectivity index (χ3v) is 1.86. The van der Waals surface area contributed by atoms with Crippen LogP contribution in [0, 0.1) is 6.92 Å². The summed E-state index contributed by atoms with van der Waals surface area (Å²) in [5.41, 5.74) is 0. The molecule has 0 saturated carbocycles. The normalized spacial score (nSPS) is 12.1. The van der Waals surface area contributed by atoms with Gasteiger partial charge >= 0.3 is 5.97 Å². The minimum absolute atomic E-state index is 0.188. The number of hydrogen-bond donors (Lipinski definition) is 2. The Hall–Kier alpha value is -1.78. The number of nitrogens with one attached hydrogen (secondary N) is 1. The molecule has 0 saturated heterocycles. The molecule has 5 heteroatoms. The number of carbonyl (C=O) groups is 2. The van der Waals surface area contributed by atoms with E-state index in [1.807, 2.05) is 0 Å². The third kappa shape index (κ3) is 3.46. The fourth-order valence-corrected chi connectivity index (χ4v) is 1.28. The van der Waals surface area contributed by atoms with E-state index in [4.69, 9.17) is 9.52 Å². The quantitative estimate of drug-likeness (QED) is 0.785. The van der Waals surface area contributed by atoms with Crippen LogP contribution >= 0.6 is 0 Å². The van der Waals surface area contributed by atoms with Crippen LogP contribution in [0.4, 0.5) is 0 Å². The van der Waals surface area contributed by atoms with Crippen molar-refractivity contribution in [1.29, 1.82) is 0 Å². The van der Waals surface area contributed by atoms with Gasteiger partial charge in [-0.1, -0.05) is 0 Å². The highest BCUT2D eigenvalue weighted by Crippen LogP contribution is 2.19. The third-order valence-electron chi connectivity index (χ3n) is 1.86. The highest BCUT2D eigenvalue weighted by atomic mass is 16.4. The van der Waals surface area contributed by atoms with Crippen LogP contribution in [0.1, 0.15) is 30.9 Å². The molecular weight excluding hydrogens is 198 g/mol. The number of carboxylic acid groups (broad SMARTS) is 1. The van der Waals surface area contributed by atoms with Crippen LogP contribution in [-0.4, -0.2) is 17.0 Å². The molecule has 0 spiro atoms. The molecule has 1 atom stereocenters. The SMILES string of the molecule is CC(=O)N[C@@H](CC(=O)O)c1ccc(C)o1. The number of aliphatic carboxylic acids is 1. The van der Waals surface area contributed by atoms with Gasteiger partial charge in [0.05, 0.1) is 12.5 Å². The fraction of sp³-hybridized carbons (Fsp3) is 0.400. The molecule has 1 aromatic rings. The molecule has 0 aliphatic rings. The topological polar surface area (TPSA) is 79.5 Å². The monoisotopic (exact) mass is 211 g/mol. The highest BCUT2D eigenvalue weighted by molar-refractivity contribution is 5.75. The lowest BCUT2D eigenvalue weighted by molar-refractivity contribution is -0.137. The fourth-order valence-electron chi connectivity index (χ4n) is 1.28. The first-order chi connectivity index (χ1) is 6.99. The molecule has 1 heterocycles. The molecule has 0 aromatic carbocycles. The Morgan fingerprint density at radius 3 is 2.60 bits per heavy atom. The van der Waals surface area contributed by atoms with Gasteiger partial charge < -0.3 is 14.8 Å². The summed E-state index contributed by atoms with van der Waals surface area (Å²) in [5.74, 6) is -0.117. The van der Waals surface area contributed by atoms with E-state index in [0.29, 0.717) is 11.5 Å². The van der Waals surface area contributed by atoms with Gasteiger partial charge in [-0.15, -0.1) is 0 Å². The van der Waals surface area contributed by atoms with Crippen molar-refractivity contribution in [3.8, 4) is 0 Å². The number of rotatable bonds is 4. The van der Waals surface area contributed by atoms with Crippen LogP contribution in [0.2, 0.25) is 0 Å². The molecule has 2 N–H and O–H groups in total. The Labute approximate surface area is 87.1 Å². The Morgan fingerprint density at radius 1 is 1.53 bits per heavy atom. The van der Waals surface area contributed by atoms with Gasteiger partial charge in [0.2, 0.25) is 5.91 Å². The molecule has 15 heavy (non-hydrogen) atoms. The Morgan fingerprint density at radius 2 is 2.20 bits per heavy atom. The molecule has 0 aliphatic heterocycles. The number of aryl methyl sites for hydroxylation is 1. The van der Waals surface area contributed by atoms with Crippen molar-refractivity contribution in [3.05, 3.63) is 23.7 Å². The van der Waals surface area contributed by atoms with Crippen molar-refractivity contribution < 1.29 is 19.1 Å². The van der Waals surface area contributed by atoms with E-state index in [1.165, 1.54) is 6.92 Å². The smallest absolute Gasteiger partial charge is 0.305 e. The van der Waals surface area contributed by atoms with Crippen molar-refractivity contribution in [2.45, 2.75) is 26.3 Å². The second-order valence-electron chi connectivity index (χ2n) is 3.30. The highest BCUT2D eigenvalue weighted by Gasteiger charge is 2.19. The zero-order valence-corrected chi connectivity index (χ0v) is 8.61. The molecule has 1 amide bonds. The first kappa shape index (κ1) is 11.3.